The number of nitrogens with one attached hydrogen (secondary N) is 1. The van der Waals surface area contributed by atoms with Crippen LogP contribution in [0.3, 0.4) is 0 Å². The van der Waals surface area contributed by atoms with Crippen LogP contribution in [-0.2, 0) is 9.59 Å². The summed E-state index contributed by atoms with van der Waals surface area (Å²) in [5.74, 6) is -0.120. The highest BCUT2D eigenvalue weighted by Crippen LogP contribution is 2.28. The Kier molecular flexibility index (Phi) is 1.65. The lowest BCUT2D eigenvalue weighted by molar-refractivity contribution is -0.139. The molecule has 0 radical (unpaired) electrons. The van der Waals surface area contributed by atoms with Crippen LogP contribution in [0, 0.1) is 11.8 Å². The van der Waals surface area contributed by atoms with Crippen LogP contribution < -0.4 is 5.32 Å². The van der Waals surface area contributed by atoms with Crippen molar-refractivity contribution in [2.45, 2.75) is 6.92 Å². The lowest BCUT2D eigenvalue weighted by atomic mass is 10.00. The minimum absolute atomic E-state index is 0.0116. The third kappa shape index (κ3) is 0.813. The first-order valence-electron chi connectivity index (χ1n) is 4.31. The summed E-state index contributed by atoms with van der Waals surface area (Å²) in [6.07, 6.45) is 0. The van der Waals surface area contributed by atoms with E-state index >= 15 is 0 Å². The van der Waals surface area contributed by atoms with Gasteiger partial charge < -0.3 is 5.32 Å². The van der Waals surface area contributed by atoms with Crippen molar-refractivity contribution < 1.29 is 9.59 Å². The highest BCUT2D eigenvalue weighted by molar-refractivity contribution is 6.05. The van der Waals surface area contributed by atoms with E-state index in [2.05, 4.69) is 5.32 Å². The molecule has 12 heavy (non-hydrogen) atoms. The third-order valence-corrected chi connectivity index (χ3v) is 2.70. The number of likely N-dealkylation sites (tertiary alicyclic amines) is 1. The summed E-state index contributed by atoms with van der Waals surface area (Å²) in [6.45, 7) is 3.70. The number of hydrogen-bond acceptors (Lipinski definition) is 3. The maximum atomic E-state index is 11.5. The SMILES string of the molecule is CCN1C(=O)[C@H]2CNC[C@@H]2C1=O. The fourth-order valence-electron chi connectivity index (χ4n) is 2.02. The van der Waals surface area contributed by atoms with Crippen molar-refractivity contribution in [1.82, 2.24) is 10.2 Å². The molecule has 2 aliphatic rings. The second-order valence-corrected chi connectivity index (χ2v) is 3.29. The van der Waals surface area contributed by atoms with Crippen LogP contribution >= 0.6 is 0 Å². The zero-order valence-corrected chi connectivity index (χ0v) is 7.04. The predicted octanol–water partition coefficient (Wildman–Crippen LogP) is -0.789. The van der Waals surface area contributed by atoms with Gasteiger partial charge in [-0.2, -0.15) is 0 Å². The van der Waals surface area contributed by atoms with Crippen molar-refractivity contribution in [3.8, 4) is 0 Å². The van der Waals surface area contributed by atoms with Crippen LogP contribution in [0.25, 0.3) is 0 Å². The van der Waals surface area contributed by atoms with Gasteiger partial charge in [-0.25, -0.2) is 0 Å². The molecule has 1 N–H and O–H groups in total. The first-order valence-corrected chi connectivity index (χ1v) is 4.31. The summed E-state index contributed by atoms with van der Waals surface area (Å²) in [5, 5.41) is 3.06. The zero-order chi connectivity index (χ0) is 8.72. The molecule has 4 heteroatoms. The molecule has 2 rings (SSSR count). The Labute approximate surface area is 70.9 Å². The van der Waals surface area contributed by atoms with Crippen molar-refractivity contribution in [3.05, 3.63) is 0 Å². The van der Waals surface area contributed by atoms with Gasteiger partial charge in [0.15, 0.2) is 0 Å². The van der Waals surface area contributed by atoms with E-state index in [0.717, 1.165) is 0 Å². The molecular formula is C8H12N2O2. The van der Waals surface area contributed by atoms with Gasteiger partial charge >= 0.3 is 0 Å². The van der Waals surface area contributed by atoms with Gasteiger partial charge in [0.25, 0.3) is 0 Å². The summed E-state index contributed by atoms with van der Waals surface area (Å²) in [6, 6.07) is 0. The van der Waals surface area contributed by atoms with E-state index in [1.165, 1.54) is 4.90 Å². The topological polar surface area (TPSA) is 49.4 Å². The lowest BCUT2D eigenvalue weighted by Gasteiger charge is -2.12. The molecule has 0 aromatic heterocycles. The average Bonchev–Trinajstić information content (AvgIpc) is 2.58. The van der Waals surface area contributed by atoms with Gasteiger partial charge in [0.1, 0.15) is 0 Å². The Morgan fingerprint density at radius 3 is 2.25 bits per heavy atom. The number of rotatable bonds is 1. The number of hydrogen-bond donors (Lipinski definition) is 1. The van der Waals surface area contributed by atoms with Gasteiger partial charge in [0, 0.05) is 19.6 Å². The van der Waals surface area contributed by atoms with E-state index in [0.29, 0.717) is 19.6 Å². The van der Waals surface area contributed by atoms with E-state index in [9.17, 15) is 9.59 Å². The highest BCUT2D eigenvalue weighted by Gasteiger charge is 2.48. The molecule has 0 spiro atoms. The van der Waals surface area contributed by atoms with E-state index < -0.39 is 0 Å². The minimum Gasteiger partial charge on any atom is -0.315 e. The fourth-order valence-corrected chi connectivity index (χ4v) is 2.02. The van der Waals surface area contributed by atoms with Gasteiger partial charge in [-0.3, -0.25) is 14.5 Å². The Morgan fingerprint density at radius 2 is 1.83 bits per heavy atom. The van der Waals surface area contributed by atoms with Crippen LogP contribution in [0.4, 0.5) is 0 Å². The largest absolute Gasteiger partial charge is 0.315 e. The number of amides is 2. The van der Waals surface area contributed by atoms with Crippen LogP contribution in [-0.4, -0.2) is 36.3 Å². The number of nitrogens with zero attached hydrogens (tertiary/aromatic N) is 1. The maximum Gasteiger partial charge on any atom is 0.234 e. The van der Waals surface area contributed by atoms with Crippen LogP contribution in [0.5, 0.6) is 0 Å². The standard InChI is InChI=1S/C8H12N2O2/c1-2-10-7(11)5-3-9-4-6(5)8(10)12/h5-6,9H,2-4H2,1H3/t5-,6-/m0/s1. The molecule has 0 aliphatic carbocycles. The predicted molar refractivity (Wildman–Crippen MR) is 42.2 cm³/mol. The first kappa shape index (κ1) is 7.73. The highest BCUT2D eigenvalue weighted by atomic mass is 16.2. The van der Waals surface area contributed by atoms with Gasteiger partial charge in [0.2, 0.25) is 11.8 Å². The van der Waals surface area contributed by atoms with Crippen LogP contribution in [0.1, 0.15) is 6.92 Å². The Morgan fingerprint density at radius 1 is 1.33 bits per heavy atom. The molecule has 2 saturated heterocycles. The number of imide groups is 1. The second kappa shape index (κ2) is 2.55. The molecule has 2 atom stereocenters. The Balaban J connectivity index is 2.25. The van der Waals surface area contributed by atoms with Crippen molar-refractivity contribution in [2.24, 2.45) is 11.8 Å². The molecule has 2 heterocycles. The Bertz CT molecular complexity index is 217. The molecule has 0 unspecified atom stereocenters. The third-order valence-electron chi connectivity index (χ3n) is 2.70. The van der Waals surface area contributed by atoms with Crippen molar-refractivity contribution in [2.75, 3.05) is 19.6 Å². The molecule has 2 amide bonds. The average molecular weight is 168 g/mol. The van der Waals surface area contributed by atoms with Gasteiger partial charge in [-0.05, 0) is 6.92 Å². The monoisotopic (exact) mass is 168 g/mol. The molecule has 66 valence electrons. The molecule has 0 bridgehead atoms. The van der Waals surface area contributed by atoms with E-state index in [4.69, 9.17) is 0 Å². The molecule has 4 nitrogen and oxygen atoms in total. The zero-order valence-electron chi connectivity index (χ0n) is 7.04. The molecular weight excluding hydrogens is 156 g/mol. The normalized spacial score (nSPS) is 34.6. The maximum absolute atomic E-state index is 11.5. The molecule has 0 aromatic carbocycles. The summed E-state index contributed by atoms with van der Waals surface area (Å²) >= 11 is 0. The summed E-state index contributed by atoms with van der Waals surface area (Å²) < 4.78 is 0. The molecule has 2 fully saturated rings. The van der Waals surface area contributed by atoms with Gasteiger partial charge in [-0.15, -0.1) is 0 Å². The van der Waals surface area contributed by atoms with E-state index in [1.807, 2.05) is 6.92 Å². The minimum atomic E-state index is -0.0718. The quantitative estimate of drug-likeness (QED) is 0.522. The smallest absolute Gasteiger partial charge is 0.234 e. The summed E-state index contributed by atoms with van der Waals surface area (Å²) in [4.78, 5) is 24.4. The molecule has 0 aromatic rings. The summed E-state index contributed by atoms with van der Waals surface area (Å²) in [5.41, 5.74) is 0. The second-order valence-electron chi connectivity index (χ2n) is 3.29. The molecule has 2 aliphatic heterocycles. The first-order chi connectivity index (χ1) is 5.75. The Hall–Kier alpha value is -0.900. The van der Waals surface area contributed by atoms with E-state index in [-0.39, 0.29) is 23.7 Å². The van der Waals surface area contributed by atoms with Crippen molar-refractivity contribution in [3.63, 3.8) is 0 Å². The van der Waals surface area contributed by atoms with Gasteiger partial charge in [-0.1, -0.05) is 0 Å². The number of fused-ring (bicyclic) bond motifs is 1. The van der Waals surface area contributed by atoms with Crippen LogP contribution in [0.2, 0.25) is 0 Å². The van der Waals surface area contributed by atoms with Crippen molar-refractivity contribution in [1.29, 1.82) is 0 Å². The number of carbonyl (C=O) groups is 2. The lowest BCUT2D eigenvalue weighted by Crippen LogP contribution is -2.34. The van der Waals surface area contributed by atoms with E-state index in [1.54, 1.807) is 0 Å². The molecule has 0 saturated carbocycles. The fraction of sp³-hybridized carbons (Fsp3) is 0.750. The van der Waals surface area contributed by atoms with Crippen molar-refractivity contribution >= 4 is 11.8 Å². The van der Waals surface area contributed by atoms with Gasteiger partial charge in [0.05, 0.1) is 11.8 Å². The summed E-state index contributed by atoms with van der Waals surface area (Å²) in [7, 11) is 0. The number of carbonyl (C=O) groups excluding carboxylic acids is 2. The van der Waals surface area contributed by atoms with Crippen LogP contribution in [0.15, 0.2) is 0 Å².